The quantitative estimate of drug-likeness (QED) is 0.863. The van der Waals surface area contributed by atoms with Crippen LogP contribution >= 0.6 is 0 Å². The van der Waals surface area contributed by atoms with E-state index in [2.05, 4.69) is 32.0 Å². The predicted octanol–water partition coefficient (Wildman–Crippen LogP) is 4.00. The molecule has 3 fully saturated rings. The largest absolute Gasteiger partial charge is 0.325 e. The Balaban J connectivity index is 1.59. The van der Waals surface area contributed by atoms with E-state index in [0.717, 1.165) is 30.1 Å². The summed E-state index contributed by atoms with van der Waals surface area (Å²) in [5.74, 6) is 3.75. The molecule has 0 aromatic heterocycles. The van der Waals surface area contributed by atoms with Gasteiger partial charge in [0.05, 0.1) is 0 Å². The summed E-state index contributed by atoms with van der Waals surface area (Å²) in [6, 6.07) is 6.96. The van der Waals surface area contributed by atoms with Crippen LogP contribution in [0.25, 0.3) is 0 Å². The number of hydrogen-bond donors (Lipinski definition) is 1. The van der Waals surface area contributed by atoms with Gasteiger partial charge >= 0.3 is 0 Å². The van der Waals surface area contributed by atoms with E-state index >= 15 is 0 Å². The Hall–Kier alpha value is -0.820. The van der Waals surface area contributed by atoms with Crippen molar-refractivity contribution in [2.24, 2.45) is 29.4 Å². The first kappa shape index (κ1) is 12.9. The van der Waals surface area contributed by atoms with Crippen LogP contribution in [0.4, 0.5) is 0 Å². The van der Waals surface area contributed by atoms with Gasteiger partial charge in [-0.1, -0.05) is 35.7 Å². The fourth-order valence-corrected chi connectivity index (χ4v) is 6.07. The summed E-state index contributed by atoms with van der Waals surface area (Å²) < 4.78 is 0. The SMILES string of the molecule is Cc1cc(C)cc(CC2(N)CC3CC2C2CCCC32)c1. The standard InChI is InChI=1S/C19H27N/c1-12-6-13(2)8-14(7-12)10-19(20)11-15-9-18(19)17-5-3-4-16(15)17/h6-8,15-18H,3-5,9-11,20H2,1-2H3. The molecule has 1 heteroatoms. The third-order valence-corrected chi connectivity index (χ3v) is 6.50. The van der Waals surface area contributed by atoms with Crippen LogP contribution in [0, 0.1) is 37.5 Å². The fourth-order valence-electron chi connectivity index (χ4n) is 6.07. The summed E-state index contributed by atoms with van der Waals surface area (Å²) in [4.78, 5) is 0. The molecule has 2 bridgehead atoms. The molecule has 3 aliphatic carbocycles. The van der Waals surface area contributed by atoms with E-state index in [-0.39, 0.29) is 5.54 Å². The van der Waals surface area contributed by atoms with Gasteiger partial charge in [0, 0.05) is 5.54 Å². The molecule has 3 aliphatic rings. The lowest BCUT2D eigenvalue weighted by molar-refractivity contribution is 0.156. The molecule has 0 amide bonds. The minimum absolute atomic E-state index is 0.0937. The second-order valence-electron chi connectivity index (χ2n) is 7.97. The van der Waals surface area contributed by atoms with Gasteiger partial charge in [0.15, 0.2) is 0 Å². The lowest BCUT2D eigenvalue weighted by atomic mass is 9.69. The molecule has 1 aromatic carbocycles. The van der Waals surface area contributed by atoms with Gasteiger partial charge < -0.3 is 5.73 Å². The van der Waals surface area contributed by atoms with Crippen LogP contribution in [0.5, 0.6) is 0 Å². The maximum atomic E-state index is 6.93. The highest BCUT2D eigenvalue weighted by atomic mass is 14.8. The van der Waals surface area contributed by atoms with Crippen LogP contribution in [0.15, 0.2) is 18.2 Å². The lowest BCUT2D eigenvalue weighted by Gasteiger charge is -2.40. The smallest absolute Gasteiger partial charge is 0.0229 e. The van der Waals surface area contributed by atoms with Crippen molar-refractivity contribution in [2.45, 2.75) is 57.9 Å². The minimum atomic E-state index is 0.0937. The molecule has 108 valence electrons. The van der Waals surface area contributed by atoms with Crippen LogP contribution in [0.1, 0.15) is 48.8 Å². The number of aryl methyl sites for hydroxylation is 2. The highest BCUT2D eigenvalue weighted by Gasteiger charge is 2.58. The normalized spacial score (nSPS) is 42.1. The average molecular weight is 269 g/mol. The third-order valence-electron chi connectivity index (χ3n) is 6.50. The van der Waals surface area contributed by atoms with Gasteiger partial charge in [0.25, 0.3) is 0 Å². The zero-order valence-corrected chi connectivity index (χ0v) is 12.9. The molecule has 20 heavy (non-hydrogen) atoms. The van der Waals surface area contributed by atoms with Gasteiger partial charge in [-0.05, 0) is 75.2 Å². The number of nitrogens with two attached hydrogens (primary N) is 1. The molecule has 3 saturated carbocycles. The molecule has 5 atom stereocenters. The lowest BCUT2D eigenvalue weighted by Crippen LogP contribution is -2.50. The van der Waals surface area contributed by atoms with E-state index in [1.807, 2.05) is 0 Å². The zero-order valence-electron chi connectivity index (χ0n) is 12.9. The Bertz CT molecular complexity index is 514. The Labute approximate surface area is 122 Å². The topological polar surface area (TPSA) is 26.0 Å². The monoisotopic (exact) mass is 269 g/mol. The molecule has 2 N–H and O–H groups in total. The van der Waals surface area contributed by atoms with Gasteiger partial charge in [-0.2, -0.15) is 0 Å². The van der Waals surface area contributed by atoms with Crippen molar-refractivity contribution >= 4 is 0 Å². The Morgan fingerprint density at radius 1 is 1.10 bits per heavy atom. The summed E-state index contributed by atoms with van der Waals surface area (Å²) in [7, 11) is 0. The molecule has 0 radical (unpaired) electrons. The van der Waals surface area contributed by atoms with E-state index in [0.29, 0.717) is 0 Å². The zero-order chi connectivity index (χ0) is 13.9. The Morgan fingerprint density at radius 2 is 1.80 bits per heavy atom. The summed E-state index contributed by atoms with van der Waals surface area (Å²) in [6.45, 7) is 4.40. The fraction of sp³-hybridized carbons (Fsp3) is 0.684. The van der Waals surface area contributed by atoms with Gasteiger partial charge in [-0.15, -0.1) is 0 Å². The Kier molecular flexibility index (Phi) is 2.79. The highest BCUT2D eigenvalue weighted by molar-refractivity contribution is 5.31. The minimum Gasteiger partial charge on any atom is -0.325 e. The molecule has 4 rings (SSSR count). The molecular formula is C19H27N. The molecule has 1 aromatic rings. The van der Waals surface area contributed by atoms with Crippen LogP contribution < -0.4 is 5.73 Å². The average Bonchev–Trinajstić information content (AvgIpc) is 2.97. The van der Waals surface area contributed by atoms with Crippen molar-refractivity contribution in [2.75, 3.05) is 0 Å². The van der Waals surface area contributed by atoms with Gasteiger partial charge in [-0.25, -0.2) is 0 Å². The van der Waals surface area contributed by atoms with Crippen molar-refractivity contribution in [1.82, 2.24) is 0 Å². The van der Waals surface area contributed by atoms with Crippen LogP contribution in [-0.2, 0) is 6.42 Å². The summed E-state index contributed by atoms with van der Waals surface area (Å²) in [5.41, 5.74) is 11.3. The van der Waals surface area contributed by atoms with Crippen molar-refractivity contribution < 1.29 is 0 Å². The molecular weight excluding hydrogens is 242 g/mol. The Morgan fingerprint density at radius 3 is 2.55 bits per heavy atom. The molecule has 0 saturated heterocycles. The molecule has 0 aliphatic heterocycles. The van der Waals surface area contributed by atoms with Crippen LogP contribution in [-0.4, -0.2) is 5.54 Å². The second-order valence-corrected chi connectivity index (χ2v) is 7.97. The predicted molar refractivity (Wildman–Crippen MR) is 83.6 cm³/mol. The molecule has 0 spiro atoms. The molecule has 0 heterocycles. The van der Waals surface area contributed by atoms with Gasteiger partial charge in [0.2, 0.25) is 0 Å². The van der Waals surface area contributed by atoms with Crippen molar-refractivity contribution in [3.05, 3.63) is 34.9 Å². The molecule has 5 unspecified atom stereocenters. The van der Waals surface area contributed by atoms with Gasteiger partial charge in [0.1, 0.15) is 0 Å². The van der Waals surface area contributed by atoms with Crippen LogP contribution in [0.3, 0.4) is 0 Å². The third kappa shape index (κ3) is 1.86. The first-order valence-corrected chi connectivity index (χ1v) is 8.41. The second kappa shape index (κ2) is 4.34. The molecule has 1 nitrogen and oxygen atoms in total. The number of benzene rings is 1. The van der Waals surface area contributed by atoms with Crippen LogP contribution in [0.2, 0.25) is 0 Å². The maximum Gasteiger partial charge on any atom is 0.0229 e. The van der Waals surface area contributed by atoms with Crippen molar-refractivity contribution in [3.8, 4) is 0 Å². The summed E-state index contributed by atoms with van der Waals surface area (Å²) >= 11 is 0. The maximum absolute atomic E-state index is 6.93. The summed E-state index contributed by atoms with van der Waals surface area (Å²) in [6.07, 6.45) is 8.22. The van der Waals surface area contributed by atoms with Gasteiger partial charge in [-0.3, -0.25) is 0 Å². The first-order valence-electron chi connectivity index (χ1n) is 8.41. The number of rotatable bonds is 2. The number of hydrogen-bond acceptors (Lipinski definition) is 1. The van der Waals surface area contributed by atoms with E-state index in [9.17, 15) is 0 Å². The van der Waals surface area contributed by atoms with Crippen molar-refractivity contribution in [3.63, 3.8) is 0 Å². The first-order chi connectivity index (χ1) is 9.55. The van der Waals surface area contributed by atoms with E-state index in [1.54, 1.807) is 0 Å². The number of fused-ring (bicyclic) bond motifs is 5. The van der Waals surface area contributed by atoms with E-state index in [1.165, 1.54) is 48.8 Å². The van der Waals surface area contributed by atoms with Crippen molar-refractivity contribution in [1.29, 1.82) is 0 Å². The highest BCUT2D eigenvalue weighted by Crippen LogP contribution is 2.62. The summed E-state index contributed by atoms with van der Waals surface area (Å²) in [5, 5.41) is 0. The van der Waals surface area contributed by atoms with E-state index in [4.69, 9.17) is 5.73 Å². The van der Waals surface area contributed by atoms with E-state index < -0.39 is 0 Å².